The summed E-state index contributed by atoms with van der Waals surface area (Å²) >= 11 is 1.38. The van der Waals surface area contributed by atoms with Crippen molar-refractivity contribution in [3.8, 4) is 11.5 Å². The van der Waals surface area contributed by atoms with Crippen molar-refractivity contribution in [2.75, 3.05) is 25.3 Å². The van der Waals surface area contributed by atoms with Crippen molar-refractivity contribution in [3.05, 3.63) is 48.8 Å². The van der Waals surface area contributed by atoms with Gasteiger partial charge in [0.1, 0.15) is 11.5 Å². The Morgan fingerprint density at radius 2 is 1.96 bits per heavy atom. The van der Waals surface area contributed by atoms with Gasteiger partial charge in [-0.1, -0.05) is 17.8 Å². The fourth-order valence-corrected chi connectivity index (χ4v) is 3.00. The number of nitrogens with zero attached hydrogens (tertiary/aromatic N) is 2. The first kappa shape index (κ1) is 16.2. The molecule has 1 aromatic carbocycles. The first-order chi connectivity index (χ1) is 11.7. The standard InChI is InChI=1S/C17H17N3O3S/c1-22-14-7-12(8-15(9-14)23-2)19-16(21)11-24-17-18-10-13-5-3-4-6-20(13)17/h3-10H,11H2,1-2H3,(H,19,21). The lowest BCUT2D eigenvalue weighted by Crippen LogP contribution is -2.14. The highest BCUT2D eigenvalue weighted by Gasteiger charge is 2.09. The molecule has 2 aromatic heterocycles. The van der Waals surface area contributed by atoms with Crippen molar-refractivity contribution in [1.29, 1.82) is 0 Å². The van der Waals surface area contributed by atoms with Crippen LogP contribution in [-0.4, -0.2) is 35.3 Å². The summed E-state index contributed by atoms with van der Waals surface area (Å²) in [6.45, 7) is 0. The van der Waals surface area contributed by atoms with Crippen LogP contribution in [0.1, 0.15) is 0 Å². The maximum absolute atomic E-state index is 12.2. The molecule has 24 heavy (non-hydrogen) atoms. The summed E-state index contributed by atoms with van der Waals surface area (Å²) < 4.78 is 12.3. The van der Waals surface area contributed by atoms with Gasteiger partial charge in [-0.2, -0.15) is 0 Å². The molecule has 0 aliphatic carbocycles. The second-order valence-electron chi connectivity index (χ2n) is 4.97. The van der Waals surface area contributed by atoms with E-state index in [1.165, 1.54) is 11.8 Å². The predicted octanol–water partition coefficient (Wildman–Crippen LogP) is 3.08. The van der Waals surface area contributed by atoms with Crippen LogP contribution in [0.4, 0.5) is 5.69 Å². The fraction of sp³-hybridized carbons (Fsp3) is 0.176. The Bertz CT molecular complexity index is 841. The van der Waals surface area contributed by atoms with E-state index in [-0.39, 0.29) is 11.7 Å². The van der Waals surface area contributed by atoms with Crippen LogP contribution in [-0.2, 0) is 4.79 Å². The third kappa shape index (κ3) is 3.62. The van der Waals surface area contributed by atoms with Crippen LogP contribution < -0.4 is 14.8 Å². The van der Waals surface area contributed by atoms with Crippen molar-refractivity contribution in [1.82, 2.24) is 9.38 Å². The Balaban J connectivity index is 1.65. The molecule has 1 amide bonds. The molecule has 0 radical (unpaired) electrons. The van der Waals surface area contributed by atoms with Gasteiger partial charge in [0.25, 0.3) is 0 Å². The number of pyridine rings is 1. The number of thioether (sulfide) groups is 1. The van der Waals surface area contributed by atoms with Gasteiger partial charge in [0, 0.05) is 30.1 Å². The van der Waals surface area contributed by atoms with E-state index in [2.05, 4.69) is 10.3 Å². The van der Waals surface area contributed by atoms with E-state index >= 15 is 0 Å². The molecule has 0 spiro atoms. The number of fused-ring (bicyclic) bond motifs is 1. The van der Waals surface area contributed by atoms with Crippen molar-refractivity contribution in [2.45, 2.75) is 5.16 Å². The molecule has 0 atom stereocenters. The normalized spacial score (nSPS) is 10.6. The summed E-state index contributed by atoms with van der Waals surface area (Å²) in [7, 11) is 3.14. The first-order valence-corrected chi connectivity index (χ1v) is 8.26. The Labute approximate surface area is 143 Å². The van der Waals surface area contributed by atoms with Crippen LogP contribution in [0.3, 0.4) is 0 Å². The Morgan fingerprint density at radius 1 is 1.21 bits per heavy atom. The molecule has 2 heterocycles. The van der Waals surface area contributed by atoms with Crippen LogP contribution in [0.2, 0.25) is 0 Å². The maximum Gasteiger partial charge on any atom is 0.234 e. The lowest BCUT2D eigenvalue weighted by molar-refractivity contribution is -0.113. The van der Waals surface area contributed by atoms with Crippen LogP contribution in [0.5, 0.6) is 11.5 Å². The van der Waals surface area contributed by atoms with Crippen molar-refractivity contribution >= 4 is 28.9 Å². The highest BCUT2D eigenvalue weighted by molar-refractivity contribution is 7.99. The highest BCUT2D eigenvalue weighted by atomic mass is 32.2. The highest BCUT2D eigenvalue weighted by Crippen LogP contribution is 2.26. The molecule has 0 bridgehead atoms. The number of benzene rings is 1. The predicted molar refractivity (Wildman–Crippen MR) is 94.1 cm³/mol. The van der Waals surface area contributed by atoms with Crippen LogP contribution in [0, 0.1) is 0 Å². The number of carbonyl (C=O) groups is 1. The van der Waals surface area contributed by atoms with Crippen LogP contribution in [0.15, 0.2) is 53.9 Å². The number of ether oxygens (including phenoxy) is 2. The smallest absolute Gasteiger partial charge is 0.234 e. The van der Waals surface area contributed by atoms with E-state index in [0.29, 0.717) is 17.2 Å². The number of aromatic nitrogens is 2. The van der Waals surface area contributed by atoms with E-state index in [9.17, 15) is 4.79 Å². The zero-order valence-corrected chi connectivity index (χ0v) is 14.2. The molecule has 0 saturated heterocycles. The minimum atomic E-state index is -0.122. The zero-order chi connectivity index (χ0) is 16.9. The molecule has 0 saturated carbocycles. The zero-order valence-electron chi connectivity index (χ0n) is 13.4. The topological polar surface area (TPSA) is 64.9 Å². The van der Waals surface area contributed by atoms with Crippen molar-refractivity contribution in [3.63, 3.8) is 0 Å². The van der Waals surface area contributed by atoms with Gasteiger partial charge in [-0.15, -0.1) is 0 Å². The van der Waals surface area contributed by atoms with E-state index in [1.54, 1.807) is 38.6 Å². The van der Waals surface area contributed by atoms with Crippen LogP contribution >= 0.6 is 11.8 Å². The number of imidazole rings is 1. The molecule has 3 rings (SSSR count). The molecule has 0 unspecified atom stereocenters. The molecule has 1 N–H and O–H groups in total. The molecule has 0 aliphatic heterocycles. The number of amides is 1. The molecule has 0 fully saturated rings. The summed E-state index contributed by atoms with van der Waals surface area (Å²) in [6, 6.07) is 11.1. The average Bonchev–Trinajstić information content (AvgIpc) is 3.02. The molecule has 124 valence electrons. The number of carbonyl (C=O) groups excluding carboxylic acids is 1. The van der Waals surface area contributed by atoms with Gasteiger partial charge in [-0.25, -0.2) is 4.98 Å². The van der Waals surface area contributed by atoms with Gasteiger partial charge in [-0.3, -0.25) is 9.20 Å². The molecular weight excluding hydrogens is 326 g/mol. The Kier molecular flexibility index (Phi) is 4.90. The number of hydrogen-bond donors (Lipinski definition) is 1. The molecular formula is C17H17N3O3S. The minimum absolute atomic E-state index is 0.122. The number of hydrogen-bond acceptors (Lipinski definition) is 5. The number of nitrogens with one attached hydrogen (secondary N) is 1. The van der Waals surface area contributed by atoms with Crippen LogP contribution in [0.25, 0.3) is 5.52 Å². The second kappa shape index (κ2) is 7.27. The molecule has 6 nitrogen and oxygen atoms in total. The fourth-order valence-electron chi connectivity index (χ4n) is 2.23. The third-order valence-corrected chi connectivity index (χ3v) is 4.34. The lowest BCUT2D eigenvalue weighted by atomic mass is 10.2. The number of rotatable bonds is 6. The monoisotopic (exact) mass is 343 g/mol. The number of methoxy groups -OCH3 is 2. The Morgan fingerprint density at radius 3 is 2.67 bits per heavy atom. The summed E-state index contributed by atoms with van der Waals surface area (Å²) in [5, 5.41) is 3.63. The third-order valence-electron chi connectivity index (χ3n) is 3.37. The van der Waals surface area contributed by atoms with Gasteiger partial charge < -0.3 is 14.8 Å². The first-order valence-electron chi connectivity index (χ1n) is 7.27. The molecule has 3 aromatic rings. The second-order valence-corrected chi connectivity index (χ2v) is 5.92. The summed E-state index contributed by atoms with van der Waals surface area (Å²) in [5.74, 6) is 1.38. The van der Waals surface area contributed by atoms with Gasteiger partial charge >= 0.3 is 0 Å². The van der Waals surface area contributed by atoms with E-state index in [4.69, 9.17) is 9.47 Å². The summed E-state index contributed by atoms with van der Waals surface area (Å²) in [4.78, 5) is 16.5. The molecule has 7 heteroatoms. The Hall–Kier alpha value is -2.67. The van der Waals surface area contributed by atoms with Crippen molar-refractivity contribution < 1.29 is 14.3 Å². The maximum atomic E-state index is 12.2. The summed E-state index contributed by atoms with van der Waals surface area (Å²) in [5.41, 5.74) is 1.63. The quantitative estimate of drug-likeness (QED) is 0.697. The van der Waals surface area contributed by atoms with E-state index in [1.807, 2.05) is 28.8 Å². The van der Waals surface area contributed by atoms with Gasteiger partial charge in [-0.05, 0) is 12.1 Å². The largest absolute Gasteiger partial charge is 0.497 e. The average molecular weight is 343 g/mol. The minimum Gasteiger partial charge on any atom is -0.497 e. The summed E-state index contributed by atoms with van der Waals surface area (Å²) in [6.07, 6.45) is 3.71. The van der Waals surface area contributed by atoms with Gasteiger partial charge in [0.15, 0.2) is 5.16 Å². The molecule has 0 aliphatic rings. The lowest BCUT2D eigenvalue weighted by Gasteiger charge is -2.09. The van der Waals surface area contributed by atoms with Gasteiger partial charge in [0.2, 0.25) is 5.91 Å². The van der Waals surface area contributed by atoms with Crippen molar-refractivity contribution in [2.24, 2.45) is 0 Å². The van der Waals surface area contributed by atoms with E-state index < -0.39 is 0 Å². The number of anilines is 1. The SMILES string of the molecule is COc1cc(NC(=O)CSc2ncc3ccccn23)cc(OC)c1. The van der Waals surface area contributed by atoms with Gasteiger partial charge in [0.05, 0.1) is 31.7 Å². The van der Waals surface area contributed by atoms with E-state index in [0.717, 1.165) is 10.7 Å².